The van der Waals surface area contributed by atoms with E-state index in [1.807, 2.05) is 0 Å². The molecule has 0 unspecified atom stereocenters. The minimum atomic E-state index is -4.68. The summed E-state index contributed by atoms with van der Waals surface area (Å²) in [6.07, 6.45) is -1.82. The van der Waals surface area contributed by atoms with Crippen LogP contribution < -0.4 is 4.74 Å². The molecule has 0 fully saturated rings. The first-order valence-corrected chi connectivity index (χ1v) is 4.01. The van der Waals surface area contributed by atoms with Gasteiger partial charge in [0, 0.05) is 18.5 Å². The maximum Gasteiger partial charge on any atom is 0.573 e. The fraction of sp³-hybridized carbons (Fsp3) is 0.111. The number of alkyl halides is 3. The van der Waals surface area contributed by atoms with Gasteiger partial charge in [0.2, 0.25) is 0 Å². The number of benzene rings is 1. The van der Waals surface area contributed by atoms with Crippen LogP contribution in [0.3, 0.4) is 0 Å². The number of fused-ring (bicyclic) bond motifs is 1. The molecule has 1 aromatic heterocycles. The molecule has 6 heteroatoms. The highest BCUT2D eigenvalue weighted by Gasteiger charge is 2.31. The van der Waals surface area contributed by atoms with Crippen molar-refractivity contribution in [3.05, 3.63) is 30.6 Å². The highest BCUT2D eigenvalue weighted by Crippen LogP contribution is 2.24. The summed E-state index contributed by atoms with van der Waals surface area (Å²) in [5.41, 5.74) is 0.881. The average Bonchev–Trinajstić information content (AvgIpc) is 2.15. The largest absolute Gasteiger partial charge is 0.573 e. The molecule has 78 valence electrons. The molecule has 0 N–H and O–H groups in total. The Labute approximate surface area is 82.5 Å². The van der Waals surface area contributed by atoms with Gasteiger partial charge < -0.3 is 4.74 Å². The van der Waals surface area contributed by atoms with E-state index in [2.05, 4.69) is 14.7 Å². The Balaban J connectivity index is 2.39. The van der Waals surface area contributed by atoms with Gasteiger partial charge >= 0.3 is 6.36 Å². The van der Waals surface area contributed by atoms with E-state index < -0.39 is 6.36 Å². The zero-order valence-electron chi connectivity index (χ0n) is 7.32. The summed E-state index contributed by atoms with van der Waals surface area (Å²) in [4.78, 5) is 7.78. The van der Waals surface area contributed by atoms with E-state index in [0.29, 0.717) is 11.0 Å². The molecule has 0 atom stereocenters. The van der Waals surface area contributed by atoms with Crippen LogP contribution in [0.2, 0.25) is 0 Å². The fourth-order valence-electron chi connectivity index (χ4n) is 1.14. The van der Waals surface area contributed by atoms with E-state index in [-0.39, 0.29) is 5.75 Å². The van der Waals surface area contributed by atoms with Crippen LogP contribution in [-0.4, -0.2) is 16.3 Å². The van der Waals surface area contributed by atoms with Gasteiger partial charge in [0.05, 0.1) is 11.0 Å². The first-order valence-electron chi connectivity index (χ1n) is 4.01. The summed E-state index contributed by atoms with van der Waals surface area (Å²) >= 11 is 0. The Bertz CT molecular complexity index is 484. The minimum absolute atomic E-state index is 0.296. The Hall–Kier alpha value is -1.85. The predicted octanol–water partition coefficient (Wildman–Crippen LogP) is 2.53. The molecule has 3 nitrogen and oxygen atoms in total. The number of ether oxygens (including phenoxy) is 1. The van der Waals surface area contributed by atoms with Crippen molar-refractivity contribution in [1.29, 1.82) is 0 Å². The molecule has 0 radical (unpaired) electrons. The van der Waals surface area contributed by atoms with Crippen molar-refractivity contribution in [2.45, 2.75) is 6.36 Å². The minimum Gasteiger partial charge on any atom is -0.406 e. The molecule has 0 spiro atoms. The third-order valence-corrected chi connectivity index (χ3v) is 1.67. The number of hydrogen-bond donors (Lipinski definition) is 0. The van der Waals surface area contributed by atoms with Gasteiger partial charge in [-0.25, -0.2) is 0 Å². The summed E-state index contributed by atoms with van der Waals surface area (Å²) < 4.78 is 39.4. The van der Waals surface area contributed by atoms with Crippen LogP contribution >= 0.6 is 0 Å². The van der Waals surface area contributed by atoms with E-state index in [0.717, 1.165) is 0 Å². The maximum atomic E-state index is 11.9. The quantitative estimate of drug-likeness (QED) is 0.731. The second-order valence-corrected chi connectivity index (χ2v) is 2.75. The molecule has 1 aromatic carbocycles. The lowest BCUT2D eigenvalue weighted by Gasteiger charge is -2.08. The summed E-state index contributed by atoms with van der Waals surface area (Å²) in [5, 5.41) is 0. The van der Waals surface area contributed by atoms with Gasteiger partial charge in [-0.1, -0.05) is 0 Å². The molecule has 0 saturated heterocycles. The second kappa shape index (κ2) is 3.38. The molecule has 2 aromatic rings. The summed E-state index contributed by atoms with van der Waals surface area (Å²) in [6.45, 7) is 0. The molecule has 0 aliphatic carbocycles. The average molecular weight is 214 g/mol. The number of rotatable bonds is 1. The lowest BCUT2D eigenvalue weighted by molar-refractivity contribution is -0.274. The van der Waals surface area contributed by atoms with Gasteiger partial charge in [-0.2, -0.15) is 0 Å². The van der Waals surface area contributed by atoms with Crippen molar-refractivity contribution < 1.29 is 17.9 Å². The van der Waals surface area contributed by atoms with Gasteiger partial charge in [-0.05, 0) is 12.1 Å². The van der Waals surface area contributed by atoms with E-state index in [4.69, 9.17) is 0 Å². The van der Waals surface area contributed by atoms with Crippen molar-refractivity contribution in [3.63, 3.8) is 0 Å². The fourth-order valence-corrected chi connectivity index (χ4v) is 1.14. The van der Waals surface area contributed by atoms with E-state index in [1.165, 1.54) is 30.6 Å². The van der Waals surface area contributed by atoms with E-state index in [1.54, 1.807) is 0 Å². The predicted molar refractivity (Wildman–Crippen MR) is 46.2 cm³/mol. The molecular weight excluding hydrogens is 209 g/mol. The number of hydrogen-bond acceptors (Lipinski definition) is 3. The van der Waals surface area contributed by atoms with Gasteiger partial charge in [0.25, 0.3) is 0 Å². The molecule has 1 heterocycles. The van der Waals surface area contributed by atoms with Gasteiger partial charge in [-0.3, -0.25) is 9.97 Å². The highest BCUT2D eigenvalue weighted by molar-refractivity contribution is 5.75. The monoisotopic (exact) mass is 214 g/mol. The zero-order chi connectivity index (χ0) is 10.9. The Morgan fingerprint density at radius 1 is 1.00 bits per heavy atom. The van der Waals surface area contributed by atoms with Crippen molar-refractivity contribution in [2.24, 2.45) is 0 Å². The van der Waals surface area contributed by atoms with E-state index in [9.17, 15) is 13.2 Å². The number of aromatic nitrogens is 2. The Kier molecular flexibility index (Phi) is 2.18. The zero-order valence-corrected chi connectivity index (χ0v) is 7.32. The van der Waals surface area contributed by atoms with Crippen LogP contribution in [0.1, 0.15) is 0 Å². The smallest absolute Gasteiger partial charge is 0.406 e. The van der Waals surface area contributed by atoms with Crippen LogP contribution in [0.4, 0.5) is 13.2 Å². The standard InChI is InChI=1S/C9H5F3N2O/c10-9(11,12)15-6-1-2-7-8(5-6)14-4-3-13-7/h1-5H. The van der Waals surface area contributed by atoms with E-state index >= 15 is 0 Å². The molecular formula is C9H5F3N2O. The van der Waals surface area contributed by atoms with Gasteiger partial charge in [0.1, 0.15) is 5.75 Å². The SMILES string of the molecule is FC(F)(F)Oc1ccc2nccnc2c1. The Morgan fingerprint density at radius 2 is 1.67 bits per heavy atom. The van der Waals surface area contributed by atoms with Crippen LogP contribution in [-0.2, 0) is 0 Å². The van der Waals surface area contributed by atoms with Crippen LogP contribution in [0.25, 0.3) is 11.0 Å². The van der Waals surface area contributed by atoms with Crippen molar-refractivity contribution in [1.82, 2.24) is 9.97 Å². The molecule has 0 aliphatic rings. The third-order valence-electron chi connectivity index (χ3n) is 1.67. The Morgan fingerprint density at radius 3 is 2.33 bits per heavy atom. The van der Waals surface area contributed by atoms with Crippen LogP contribution in [0, 0.1) is 0 Å². The molecule has 0 amide bonds. The third kappa shape index (κ3) is 2.34. The maximum absolute atomic E-state index is 11.9. The normalized spacial score (nSPS) is 11.7. The molecule has 0 aliphatic heterocycles. The summed E-state index contributed by atoms with van der Waals surface area (Å²) in [7, 11) is 0. The summed E-state index contributed by atoms with van der Waals surface area (Å²) in [6, 6.07) is 3.81. The van der Waals surface area contributed by atoms with Crippen molar-refractivity contribution in [3.8, 4) is 5.75 Å². The second-order valence-electron chi connectivity index (χ2n) is 2.75. The molecule has 2 rings (SSSR count). The van der Waals surface area contributed by atoms with Crippen LogP contribution in [0.15, 0.2) is 30.6 Å². The lowest BCUT2D eigenvalue weighted by Crippen LogP contribution is -2.17. The first-order chi connectivity index (χ1) is 7.04. The van der Waals surface area contributed by atoms with Crippen molar-refractivity contribution in [2.75, 3.05) is 0 Å². The molecule has 0 bridgehead atoms. The highest BCUT2D eigenvalue weighted by atomic mass is 19.4. The topological polar surface area (TPSA) is 35.0 Å². The summed E-state index contributed by atoms with van der Waals surface area (Å²) in [5.74, 6) is -0.296. The number of nitrogens with zero attached hydrogens (tertiary/aromatic N) is 2. The first kappa shape index (κ1) is 9.70. The van der Waals surface area contributed by atoms with Gasteiger partial charge in [-0.15, -0.1) is 13.2 Å². The van der Waals surface area contributed by atoms with Gasteiger partial charge in [0.15, 0.2) is 0 Å². The molecule has 0 saturated carbocycles. The lowest BCUT2D eigenvalue weighted by atomic mass is 10.3. The van der Waals surface area contributed by atoms with Crippen LogP contribution in [0.5, 0.6) is 5.75 Å². The molecule has 15 heavy (non-hydrogen) atoms. The van der Waals surface area contributed by atoms with Crippen molar-refractivity contribution >= 4 is 11.0 Å². The number of halogens is 3.